The molecule has 2 bridgehead atoms. The van der Waals surface area contributed by atoms with Crippen molar-refractivity contribution in [2.75, 3.05) is 13.1 Å². The second-order valence-electron chi connectivity index (χ2n) is 7.33. The van der Waals surface area contributed by atoms with Gasteiger partial charge in [0.1, 0.15) is 17.2 Å². The predicted octanol–water partition coefficient (Wildman–Crippen LogP) is 3.25. The van der Waals surface area contributed by atoms with Crippen molar-refractivity contribution in [3.05, 3.63) is 66.4 Å². The van der Waals surface area contributed by atoms with Crippen LogP contribution in [0.2, 0.25) is 0 Å². The van der Waals surface area contributed by atoms with Gasteiger partial charge in [-0.15, -0.1) is 0 Å². The van der Waals surface area contributed by atoms with Crippen LogP contribution in [0.3, 0.4) is 0 Å². The molecule has 0 unspecified atom stereocenters. The van der Waals surface area contributed by atoms with Gasteiger partial charge in [-0.1, -0.05) is 30.3 Å². The number of hydrogen-bond donors (Lipinski definition) is 1. The number of hydrogen-bond acceptors (Lipinski definition) is 5. The maximum absolute atomic E-state index is 13.0. The molecule has 2 saturated heterocycles. The first-order chi connectivity index (χ1) is 14.2. The number of H-pyrrole nitrogens is 1. The first-order valence-electron chi connectivity index (χ1n) is 9.58. The Balaban J connectivity index is 1.37. The van der Waals surface area contributed by atoms with Crippen molar-refractivity contribution in [3.63, 3.8) is 0 Å². The monoisotopic (exact) mass is 385 g/mol. The zero-order valence-corrected chi connectivity index (χ0v) is 15.7. The maximum Gasteiger partial charge on any atom is 0.272 e. The Hall–Kier alpha value is -3.79. The van der Waals surface area contributed by atoms with E-state index in [0.717, 1.165) is 17.7 Å². The number of aromatic amines is 1. The number of nitrogens with one attached hydrogen (secondary N) is 1. The summed E-state index contributed by atoms with van der Waals surface area (Å²) in [6, 6.07) is 19.2. The van der Waals surface area contributed by atoms with Crippen LogP contribution in [0.4, 0.5) is 0 Å². The molecule has 2 aliphatic rings. The zero-order chi connectivity index (χ0) is 19.8. The van der Waals surface area contributed by atoms with Gasteiger partial charge in [-0.05, 0) is 36.8 Å². The first-order valence-corrected chi connectivity index (χ1v) is 9.58. The van der Waals surface area contributed by atoms with Gasteiger partial charge >= 0.3 is 0 Å². The lowest BCUT2D eigenvalue weighted by atomic mass is 10.1. The average molecular weight is 385 g/mol. The molecule has 1 aromatic heterocycles. The van der Waals surface area contributed by atoms with E-state index in [1.54, 1.807) is 11.0 Å². The first kappa shape index (κ1) is 17.3. The number of aromatic nitrogens is 2. The number of fused-ring (bicyclic) bond motifs is 2. The molecule has 29 heavy (non-hydrogen) atoms. The van der Waals surface area contributed by atoms with E-state index in [-0.39, 0.29) is 18.0 Å². The number of nitrogens with zero attached hydrogens (tertiary/aromatic N) is 4. The van der Waals surface area contributed by atoms with Crippen LogP contribution in [0.15, 0.2) is 60.7 Å². The Labute approximate surface area is 168 Å². The molecule has 7 nitrogen and oxygen atoms in total. The Morgan fingerprint density at radius 3 is 2.66 bits per heavy atom. The van der Waals surface area contributed by atoms with Crippen LogP contribution in [0.1, 0.15) is 16.9 Å². The SMILES string of the molecule is N#CN1C[C@H]2C[C@@H]1CN2C(=O)c1cc(-c2ccccc2Oc2ccccc2)n[nH]1. The predicted molar refractivity (Wildman–Crippen MR) is 106 cm³/mol. The fourth-order valence-corrected chi connectivity index (χ4v) is 4.14. The molecule has 0 spiro atoms. The lowest BCUT2D eigenvalue weighted by molar-refractivity contribution is 0.0663. The third kappa shape index (κ3) is 3.09. The fraction of sp³-hybridized carbons (Fsp3) is 0.227. The minimum atomic E-state index is -0.0738. The van der Waals surface area contributed by atoms with Gasteiger partial charge in [-0.3, -0.25) is 9.89 Å². The van der Waals surface area contributed by atoms with Gasteiger partial charge < -0.3 is 14.5 Å². The number of likely N-dealkylation sites (tertiary alicyclic amines) is 2. The van der Waals surface area contributed by atoms with Crippen molar-refractivity contribution >= 4 is 5.91 Å². The van der Waals surface area contributed by atoms with Crippen LogP contribution in [0.5, 0.6) is 11.5 Å². The molecule has 0 saturated carbocycles. The quantitative estimate of drug-likeness (QED) is 0.697. The third-order valence-electron chi connectivity index (χ3n) is 5.57. The number of amides is 1. The summed E-state index contributed by atoms with van der Waals surface area (Å²) in [7, 11) is 0. The summed E-state index contributed by atoms with van der Waals surface area (Å²) in [4.78, 5) is 16.6. The summed E-state index contributed by atoms with van der Waals surface area (Å²) in [5, 5.41) is 16.4. The van der Waals surface area contributed by atoms with E-state index in [9.17, 15) is 4.79 Å². The highest BCUT2D eigenvalue weighted by Gasteiger charge is 2.45. The Kier molecular flexibility index (Phi) is 4.17. The second-order valence-corrected chi connectivity index (χ2v) is 7.33. The molecular formula is C22H19N5O2. The van der Waals surface area contributed by atoms with Crippen LogP contribution in [0, 0.1) is 11.5 Å². The fourth-order valence-electron chi connectivity index (χ4n) is 4.14. The van der Waals surface area contributed by atoms with Gasteiger partial charge in [0.05, 0.1) is 17.8 Å². The van der Waals surface area contributed by atoms with Crippen molar-refractivity contribution in [2.24, 2.45) is 0 Å². The van der Waals surface area contributed by atoms with E-state index in [1.807, 2.05) is 59.5 Å². The van der Waals surface area contributed by atoms with Crippen LogP contribution in [-0.2, 0) is 0 Å². The molecule has 1 N–H and O–H groups in total. The van der Waals surface area contributed by atoms with Crippen molar-refractivity contribution in [1.82, 2.24) is 20.0 Å². The van der Waals surface area contributed by atoms with E-state index in [0.29, 0.717) is 30.2 Å². The summed E-state index contributed by atoms with van der Waals surface area (Å²) >= 11 is 0. The lowest BCUT2D eigenvalue weighted by Crippen LogP contribution is -2.47. The van der Waals surface area contributed by atoms with E-state index >= 15 is 0 Å². The van der Waals surface area contributed by atoms with E-state index in [4.69, 9.17) is 10.00 Å². The molecular weight excluding hydrogens is 366 g/mol. The van der Waals surface area contributed by atoms with Gasteiger partial charge in [-0.2, -0.15) is 10.4 Å². The standard InChI is InChI=1S/C22H19N5O2/c23-14-26-12-16-10-15(26)13-27(16)22(28)20-11-19(24-25-20)18-8-4-5-9-21(18)29-17-6-2-1-3-7-17/h1-9,11,15-16H,10,12-13H2,(H,24,25)/t15-,16-/m1/s1. The van der Waals surface area contributed by atoms with Crippen LogP contribution in [0.25, 0.3) is 11.3 Å². The molecule has 2 aromatic carbocycles. The van der Waals surface area contributed by atoms with E-state index in [1.165, 1.54) is 0 Å². The Bertz CT molecular complexity index is 1090. The highest BCUT2D eigenvalue weighted by atomic mass is 16.5. The number of piperazine rings is 1. The number of rotatable bonds is 4. The number of carbonyl (C=O) groups excluding carboxylic acids is 1. The number of para-hydroxylation sites is 2. The average Bonchev–Trinajstić information content (AvgIpc) is 3.50. The van der Waals surface area contributed by atoms with Crippen LogP contribution in [-0.4, -0.2) is 51.1 Å². The highest BCUT2D eigenvalue weighted by molar-refractivity contribution is 5.94. The molecule has 3 aromatic rings. The number of ether oxygens (including phenoxy) is 1. The van der Waals surface area contributed by atoms with Gasteiger partial charge in [0.2, 0.25) is 0 Å². The minimum Gasteiger partial charge on any atom is -0.457 e. The molecule has 0 aliphatic carbocycles. The van der Waals surface area contributed by atoms with Crippen molar-refractivity contribution in [1.29, 1.82) is 5.26 Å². The van der Waals surface area contributed by atoms with E-state index < -0.39 is 0 Å². The molecule has 2 atom stereocenters. The molecule has 2 fully saturated rings. The van der Waals surface area contributed by atoms with Crippen LogP contribution < -0.4 is 4.74 Å². The molecule has 0 radical (unpaired) electrons. The normalized spacial score (nSPS) is 20.0. The topological polar surface area (TPSA) is 85.2 Å². The summed E-state index contributed by atoms with van der Waals surface area (Å²) in [6.07, 6.45) is 3.06. The Morgan fingerprint density at radius 2 is 1.90 bits per heavy atom. The van der Waals surface area contributed by atoms with Crippen molar-refractivity contribution in [2.45, 2.75) is 18.5 Å². The maximum atomic E-state index is 13.0. The van der Waals surface area contributed by atoms with Crippen LogP contribution >= 0.6 is 0 Å². The van der Waals surface area contributed by atoms with Gasteiger partial charge in [0.15, 0.2) is 6.19 Å². The number of benzene rings is 2. The van der Waals surface area contributed by atoms with Gasteiger partial charge in [0, 0.05) is 18.7 Å². The summed E-state index contributed by atoms with van der Waals surface area (Å²) in [5.41, 5.74) is 1.92. The highest BCUT2D eigenvalue weighted by Crippen LogP contribution is 2.34. The van der Waals surface area contributed by atoms with Gasteiger partial charge in [-0.25, -0.2) is 0 Å². The molecule has 5 rings (SSSR count). The largest absolute Gasteiger partial charge is 0.457 e. The molecule has 144 valence electrons. The van der Waals surface area contributed by atoms with Crippen molar-refractivity contribution < 1.29 is 9.53 Å². The molecule has 7 heteroatoms. The smallest absolute Gasteiger partial charge is 0.272 e. The second kappa shape index (κ2) is 6.99. The van der Waals surface area contributed by atoms with E-state index in [2.05, 4.69) is 16.4 Å². The summed E-state index contributed by atoms with van der Waals surface area (Å²) in [5.74, 6) is 1.34. The Morgan fingerprint density at radius 1 is 1.10 bits per heavy atom. The number of nitriles is 1. The molecule has 3 heterocycles. The zero-order valence-electron chi connectivity index (χ0n) is 15.7. The van der Waals surface area contributed by atoms with Crippen molar-refractivity contribution in [3.8, 4) is 28.9 Å². The summed E-state index contributed by atoms with van der Waals surface area (Å²) in [6.45, 7) is 1.20. The lowest BCUT2D eigenvalue weighted by Gasteiger charge is -2.30. The third-order valence-corrected chi connectivity index (χ3v) is 5.57. The summed E-state index contributed by atoms with van der Waals surface area (Å²) < 4.78 is 6.01. The number of carbonyl (C=O) groups is 1. The molecule has 1 amide bonds. The molecule has 2 aliphatic heterocycles. The van der Waals surface area contributed by atoms with Gasteiger partial charge in [0.25, 0.3) is 5.91 Å². The minimum absolute atomic E-state index is 0.0738.